The van der Waals surface area contributed by atoms with Crippen LogP contribution in [0.3, 0.4) is 0 Å². The van der Waals surface area contributed by atoms with Crippen molar-refractivity contribution in [3.05, 3.63) is 77.4 Å². The summed E-state index contributed by atoms with van der Waals surface area (Å²) in [5, 5.41) is 12.0. The number of pyridine rings is 1. The molecule has 2 heterocycles. The van der Waals surface area contributed by atoms with E-state index < -0.39 is 17.7 Å². The Morgan fingerprint density at radius 3 is 2.48 bits per heavy atom. The minimum atomic E-state index is -4.47. The molecule has 0 saturated heterocycles. The zero-order valence-electron chi connectivity index (χ0n) is 15.1. The summed E-state index contributed by atoms with van der Waals surface area (Å²) in [6, 6.07) is 14.4. The largest absolute Gasteiger partial charge is 0.545 e. The Bertz CT molecular complexity index is 1240. The molecule has 7 heteroatoms. The molecule has 0 amide bonds. The second-order valence-electron chi connectivity index (χ2n) is 6.61. The summed E-state index contributed by atoms with van der Waals surface area (Å²) < 4.78 is 44.5. The predicted octanol–water partition coefficient (Wildman–Crippen LogP) is 4.85. The number of aromatic nitrogens is 1. The van der Waals surface area contributed by atoms with Crippen molar-refractivity contribution in [3.8, 4) is 22.8 Å². The molecule has 0 aliphatic heterocycles. The van der Waals surface area contributed by atoms with Crippen LogP contribution in [0.1, 0.15) is 21.5 Å². The Balaban J connectivity index is 1.80. The first-order valence-electron chi connectivity index (χ1n) is 8.63. The Morgan fingerprint density at radius 2 is 1.76 bits per heavy atom. The zero-order valence-corrected chi connectivity index (χ0v) is 15.1. The lowest BCUT2D eigenvalue weighted by Crippen LogP contribution is -2.22. The Hall–Kier alpha value is -3.61. The van der Waals surface area contributed by atoms with E-state index in [-0.39, 0.29) is 28.3 Å². The smallest absolute Gasteiger partial charge is 0.416 e. The van der Waals surface area contributed by atoms with Crippen LogP contribution in [0.15, 0.2) is 65.1 Å². The van der Waals surface area contributed by atoms with Crippen LogP contribution in [0, 0.1) is 6.92 Å². The highest BCUT2D eigenvalue weighted by Crippen LogP contribution is 2.34. The lowest BCUT2D eigenvalue weighted by molar-refractivity contribution is -0.254. The van der Waals surface area contributed by atoms with E-state index in [0.717, 1.165) is 17.7 Å². The molecule has 2 aromatic carbocycles. The minimum Gasteiger partial charge on any atom is -0.545 e. The van der Waals surface area contributed by atoms with Crippen LogP contribution < -0.4 is 5.11 Å². The maximum atomic E-state index is 12.9. The maximum absolute atomic E-state index is 12.9. The number of alkyl halides is 3. The van der Waals surface area contributed by atoms with Gasteiger partial charge in [0.05, 0.1) is 17.0 Å². The molecule has 146 valence electrons. The van der Waals surface area contributed by atoms with Crippen LogP contribution in [0.2, 0.25) is 0 Å². The number of benzene rings is 2. The van der Waals surface area contributed by atoms with E-state index in [2.05, 4.69) is 4.98 Å². The number of rotatable bonds is 3. The predicted molar refractivity (Wildman–Crippen MR) is 99.0 cm³/mol. The number of aromatic carboxylic acids is 1. The number of carbonyl (C=O) groups is 1. The van der Waals surface area contributed by atoms with Gasteiger partial charge in [0.25, 0.3) is 0 Å². The van der Waals surface area contributed by atoms with Crippen molar-refractivity contribution in [2.75, 3.05) is 0 Å². The molecule has 29 heavy (non-hydrogen) atoms. The van der Waals surface area contributed by atoms with Crippen molar-refractivity contribution < 1.29 is 27.5 Å². The van der Waals surface area contributed by atoms with E-state index in [9.17, 15) is 23.1 Å². The van der Waals surface area contributed by atoms with Crippen molar-refractivity contribution in [1.82, 2.24) is 4.98 Å². The quantitative estimate of drug-likeness (QED) is 0.496. The molecule has 0 unspecified atom stereocenters. The number of hydrogen-bond donors (Lipinski definition) is 0. The summed E-state index contributed by atoms with van der Waals surface area (Å²) >= 11 is 0. The van der Waals surface area contributed by atoms with Gasteiger partial charge >= 0.3 is 6.18 Å². The molecule has 2 aromatic heterocycles. The van der Waals surface area contributed by atoms with E-state index in [1.807, 2.05) is 6.92 Å². The number of furan rings is 1. The lowest BCUT2D eigenvalue weighted by Gasteiger charge is -2.10. The van der Waals surface area contributed by atoms with Gasteiger partial charge in [-0.2, -0.15) is 13.2 Å². The Morgan fingerprint density at radius 1 is 1.00 bits per heavy atom. The highest BCUT2D eigenvalue weighted by Gasteiger charge is 2.30. The normalized spacial score (nSPS) is 11.7. The summed E-state index contributed by atoms with van der Waals surface area (Å²) in [4.78, 5) is 16.0. The molecular formula is C22H13F3NO3-. The van der Waals surface area contributed by atoms with Gasteiger partial charge in [-0.05, 0) is 49.4 Å². The van der Waals surface area contributed by atoms with Crippen LogP contribution >= 0.6 is 0 Å². The van der Waals surface area contributed by atoms with E-state index in [1.54, 1.807) is 18.2 Å². The summed E-state index contributed by atoms with van der Waals surface area (Å²) in [5.74, 6) is -0.900. The van der Waals surface area contributed by atoms with E-state index >= 15 is 0 Å². The topological polar surface area (TPSA) is 66.2 Å². The third-order valence-corrected chi connectivity index (χ3v) is 4.52. The van der Waals surface area contributed by atoms with Crippen molar-refractivity contribution in [3.63, 3.8) is 0 Å². The van der Waals surface area contributed by atoms with Gasteiger partial charge < -0.3 is 14.3 Å². The molecule has 0 aliphatic rings. The average Bonchev–Trinajstić information content (AvgIpc) is 3.17. The standard InChI is InChI=1S/C22H14F3NO3/c1-12-5-6-17-15(9-12)16(21(27)28)11-18(26-17)20-8-7-19(29-20)13-3-2-4-14(10-13)22(23,24)25/h2-11H,1H3,(H,27,28)/p-1. The second-order valence-corrected chi connectivity index (χ2v) is 6.61. The Kier molecular flexibility index (Phi) is 4.38. The van der Waals surface area contributed by atoms with Gasteiger partial charge in [0.2, 0.25) is 0 Å². The van der Waals surface area contributed by atoms with Crippen molar-refractivity contribution in [2.45, 2.75) is 13.1 Å². The molecular weight excluding hydrogens is 383 g/mol. The van der Waals surface area contributed by atoms with E-state index in [1.165, 1.54) is 30.3 Å². The molecule has 4 aromatic rings. The fourth-order valence-electron chi connectivity index (χ4n) is 3.11. The monoisotopic (exact) mass is 396 g/mol. The molecule has 4 rings (SSSR count). The fourth-order valence-corrected chi connectivity index (χ4v) is 3.11. The van der Waals surface area contributed by atoms with Crippen LogP contribution in [-0.2, 0) is 6.18 Å². The summed E-state index contributed by atoms with van der Waals surface area (Å²) in [5.41, 5.74) is 1.00. The molecule has 0 spiro atoms. The summed E-state index contributed by atoms with van der Waals surface area (Å²) in [6.07, 6.45) is -4.47. The molecule has 0 atom stereocenters. The number of fused-ring (bicyclic) bond motifs is 1. The number of carbonyl (C=O) groups excluding carboxylic acids is 1. The second kappa shape index (κ2) is 6.77. The highest BCUT2D eigenvalue weighted by atomic mass is 19.4. The molecule has 0 fully saturated rings. The number of nitrogens with zero attached hydrogens (tertiary/aromatic N) is 1. The van der Waals surface area contributed by atoms with Crippen molar-refractivity contribution >= 4 is 16.9 Å². The first kappa shape index (κ1) is 18.7. The summed E-state index contributed by atoms with van der Waals surface area (Å²) in [7, 11) is 0. The van der Waals surface area contributed by atoms with Gasteiger partial charge in [-0.1, -0.05) is 23.8 Å². The number of hydrogen-bond acceptors (Lipinski definition) is 4. The fraction of sp³-hybridized carbons (Fsp3) is 0.0909. The van der Waals surface area contributed by atoms with Crippen molar-refractivity contribution in [1.29, 1.82) is 0 Å². The molecule has 0 radical (unpaired) electrons. The molecule has 0 bridgehead atoms. The van der Waals surface area contributed by atoms with Gasteiger partial charge in [0, 0.05) is 16.5 Å². The first-order chi connectivity index (χ1) is 13.7. The average molecular weight is 396 g/mol. The molecule has 4 nitrogen and oxygen atoms in total. The number of carboxylic acids is 1. The van der Waals surface area contributed by atoms with Gasteiger partial charge in [-0.15, -0.1) is 0 Å². The van der Waals surface area contributed by atoms with Gasteiger partial charge in [-0.25, -0.2) is 4.98 Å². The highest BCUT2D eigenvalue weighted by molar-refractivity contribution is 6.02. The van der Waals surface area contributed by atoms with Crippen molar-refractivity contribution in [2.24, 2.45) is 0 Å². The molecule has 0 saturated carbocycles. The molecule has 0 N–H and O–H groups in total. The Labute approximate surface area is 163 Å². The zero-order chi connectivity index (χ0) is 20.8. The van der Waals surface area contributed by atoms with Crippen LogP contribution in [0.5, 0.6) is 0 Å². The third kappa shape index (κ3) is 3.59. The van der Waals surface area contributed by atoms with Gasteiger partial charge in [0.1, 0.15) is 11.5 Å². The number of aryl methyl sites for hydroxylation is 1. The number of carboxylic acid groups (broad SMARTS) is 1. The van der Waals surface area contributed by atoms with Crippen LogP contribution in [0.25, 0.3) is 33.7 Å². The van der Waals surface area contributed by atoms with Gasteiger partial charge in [-0.3, -0.25) is 0 Å². The van der Waals surface area contributed by atoms with E-state index in [0.29, 0.717) is 10.9 Å². The number of halogens is 3. The van der Waals surface area contributed by atoms with Gasteiger partial charge in [0.15, 0.2) is 5.76 Å². The first-order valence-corrected chi connectivity index (χ1v) is 8.63. The van der Waals surface area contributed by atoms with Crippen LogP contribution in [-0.4, -0.2) is 11.0 Å². The maximum Gasteiger partial charge on any atom is 0.416 e. The van der Waals surface area contributed by atoms with Crippen LogP contribution in [0.4, 0.5) is 13.2 Å². The minimum absolute atomic E-state index is 0.0364. The third-order valence-electron chi connectivity index (χ3n) is 4.52. The molecule has 0 aliphatic carbocycles. The summed E-state index contributed by atoms with van der Waals surface area (Å²) in [6.45, 7) is 1.83. The lowest BCUT2D eigenvalue weighted by atomic mass is 10.0. The van der Waals surface area contributed by atoms with E-state index in [4.69, 9.17) is 4.42 Å². The SMILES string of the molecule is Cc1ccc2nc(-c3ccc(-c4cccc(C(F)(F)F)c4)o3)cc(C(=O)[O-])c2c1.